The molecule has 0 spiro atoms. The summed E-state index contributed by atoms with van der Waals surface area (Å²) < 4.78 is 31.0. The SMILES string of the molecule is C=CCc1cc(/C=c2\sc3n(c2=O)[C@@H](c2ccc(OC(C)C)c(OC)c2)C(C(=O)OCC)=C(C)N=3)cc(OC)c1OCc1ccccc1Cl. The van der Waals surface area contributed by atoms with Crippen LogP contribution in [0.3, 0.4) is 0 Å². The van der Waals surface area contributed by atoms with E-state index in [1.54, 1.807) is 52.4 Å². The van der Waals surface area contributed by atoms with E-state index in [-0.39, 0.29) is 30.5 Å². The molecule has 5 rings (SSSR count). The van der Waals surface area contributed by atoms with Gasteiger partial charge in [0.2, 0.25) is 0 Å². The number of rotatable bonds is 13. The number of hydrogen-bond donors (Lipinski definition) is 0. The first-order chi connectivity index (χ1) is 23.6. The molecule has 0 bridgehead atoms. The second kappa shape index (κ2) is 15.6. The minimum Gasteiger partial charge on any atom is -0.493 e. The van der Waals surface area contributed by atoms with E-state index >= 15 is 0 Å². The Kier molecular flexibility index (Phi) is 11.3. The number of esters is 1. The lowest BCUT2D eigenvalue weighted by Crippen LogP contribution is -2.40. The van der Waals surface area contributed by atoms with Gasteiger partial charge in [-0.2, -0.15) is 0 Å². The van der Waals surface area contributed by atoms with Gasteiger partial charge >= 0.3 is 5.97 Å². The van der Waals surface area contributed by atoms with E-state index in [4.69, 9.17) is 40.3 Å². The number of carbonyl (C=O) groups is 1. The molecule has 256 valence electrons. The van der Waals surface area contributed by atoms with Crippen LogP contribution in [0, 0.1) is 0 Å². The van der Waals surface area contributed by atoms with Crippen molar-refractivity contribution in [2.75, 3.05) is 20.8 Å². The van der Waals surface area contributed by atoms with Gasteiger partial charge < -0.3 is 23.7 Å². The molecule has 0 aliphatic carbocycles. The molecule has 0 fully saturated rings. The smallest absolute Gasteiger partial charge is 0.338 e. The summed E-state index contributed by atoms with van der Waals surface area (Å²) in [5, 5.41) is 0.608. The molecule has 2 heterocycles. The number of carbonyl (C=O) groups excluding carboxylic acids is 1. The quantitative estimate of drug-likeness (QED) is 0.115. The van der Waals surface area contributed by atoms with Crippen LogP contribution in [-0.4, -0.2) is 37.5 Å². The zero-order valence-corrected chi connectivity index (χ0v) is 29.9. The molecule has 49 heavy (non-hydrogen) atoms. The first-order valence-electron chi connectivity index (χ1n) is 15.8. The third-order valence-corrected chi connectivity index (χ3v) is 9.10. The number of thiazole rings is 1. The molecule has 0 N–H and O–H groups in total. The first-order valence-corrected chi connectivity index (χ1v) is 17.0. The van der Waals surface area contributed by atoms with E-state index in [1.807, 2.05) is 56.3 Å². The summed E-state index contributed by atoms with van der Waals surface area (Å²) in [6.07, 6.45) is 3.98. The maximum Gasteiger partial charge on any atom is 0.338 e. The van der Waals surface area contributed by atoms with Crippen molar-refractivity contribution in [2.24, 2.45) is 4.99 Å². The van der Waals surface area contributed by atoms with E-state index in [2.05, 4.69) is 6.58 Å². The fraction of sp³-hybridized carbons (Fsp3) is 0.289. The van der Waals surface area contributed by atoms with Crippen molar-refractivity contribution in [1.29, 1.82) is 0 Å². The standard InChI is InChI=1S/C38H39ClN2O7S/c1-8-12-26-17-24(18-31(45-7)35(26)47-21-27-13-10-11-14-28(27)39)19-32-36(42)41-34(25-15-16-29(48-22(3)4)30(20-25)44-6)33(37(43)46-9-2)23(5)40-38(41)49-32/h8,10-11,13-20,22,34H,1,9,12,21H2,2-7H3/b32-19-/t34-/m0/s1. The van der Waals surface area contributed by atoms with E-state index in [1.165, 1.54) is 15.9 Å². The minimum absolute atomic E-state index is 0.0803. The molecule has 3 aromatic carbocycles. The lowest BCUT2D eigenvalue weighted by Gasteiger charge is -2.25. The molecule has 1 aliphatic heterocycles. The van der Waals surface area contributed by atoms with Crippen LogP contribution in [0.1, 0.15) is 56.0 Å². The number of fused-ring (bicyclic) bond motifs is 1. The molecule has 0 unspecified atom stereocenters. The lowest BCUT2D eigenvalue weighted by molar-refractivity contribution is -0.139. The molecule has 0 saturated heterocycles. The van der Waals surface area contributed by atoms with Gasteiger partial charge in [-0.1, -0.05) is 53.3 Å². The number of ether oxygens (including phenoxy) is 5. The highest BCUT2D eigenvalue weighted by molar-refractivity contribution is 7.07. The molecule has 9 nitrogen and oxygen atoms in total. The molecule has 4 aromatic rings. The summed E-state index contributed by atoms with van der Waals surface area (Å²) in [6.45, 7) is 11.7. The predicted molar refractivity (Wildman–Crippen MR) is 192 cm³/mol. The van der Waals surface area contributed by atoms with Crippen molar-refractivity contribution in [3.05, 3.63) is 125 Å². The Bertz CT molecular complexity index is 2100. The monoisotopic (exact) mass is 702 g/mol. The van der Waals surface area contributed by atoms with Crippen LogP contribution < -0.4 is 33.8 Å². The Balaban J connectivity index is 1.63. The highest BCUT2D eigenvalue weighted by Gasteiger charge is 2.34. The minimum atomic E-state index is -0.814. The second-order valence-corrected chi connectivity index (χ2v) is 12.9. The maximum absolute atomic E-state index is 14.3. The molecule has 11 heteroatoms. The van der Waals surface area contributed by atoms with Crippen molar-refractivity contribution >= 4 is 35.0 Å². The van der Waals surface area contributed by atoms with Gasteiger partial charge in [0, 0.05) is 16.1 Å². The van der Waals surface area contributed by atoms with Gasteiger partial charge in [-0.25, -0.2) is 9.79 Å². The average molecular weight is 703 g/mol. The summed E-state index contributed by atoms with van der Waals surface area (Å²) >= 11 is 7.60. The fourth-order valence-corrected chi connectivity index (χ4v) is 6.86. The predicted octanol–water partition coefficient (Wildman–Crippen LogP) is 6.56. The van der Waals surface area contributed by atoms with Crippen LogP contribution in [0.2, 0.25) is 5.02 Å². The number of hydrogen-bond acceptors (Lipinski definition) is 9. The van der Waals surface area contributed by atoms with Gasteiger partial charge in [-0.15, -0.1) is 6.58 Å². The number of methoxy groups -OCH3 is 2. The van der Waals surface area contributed by atoms with Crippen molar-refractivity contribution < 1.29 is 28.5 Å². The van der Waals surface area contributed by atoms with E-state index < -0.39 is 12.0 Å². The maximum atomic E-state index is 14.3. The topological polar surface area (TPSA) is 97.6 Å². The molecular weight excluding hydrogens is 664 g/mol. The summed E-state index contributed by atoms with van der Waals surface area (Å²) in [5.74, 6) is 1.55. The van der Waals surface area contributed by atoms with Crippen LogP contribution in [0.25, 0.3) is 6.08 Å². The second-order valence-electron chi connectivity index (χ2n) is 11.5. The number of benzene rings is 3. The molecule has 1 aliphatic rings. The third-order valence-electron chi connectivity index (χ3n) is 7.75. The van der Waals surface area contributed by atoms with Crippen LogP contribution in [0.5, 0.6) is 23.0 Å². The van der Waals surface area contributed by atoms with Crippen LogP contribution in [0.15, 0.2) is 88.3 Å². The van der Waals surface area contributed by atoms with E-state index in [0.717, 1.165) is 16.7 Å². The van der Waals surface area contributed by atoms with Crippen molar-refractivity contribution in [1.82, 2.24) is 4.57 Å². The van der Waals surface area contributed by atoms with Crippen molar-refractivity contribution in [2.45, 2.75) is 52.9 Å². The van der Waals surface area contributed by atoms with Crippen LogP contribution in [0.4, 0.5) is 0 Å². The Hall–Kier alpha value is -4.80. The van der Waals surface area contributed by atoms with Crippen molar-refractivity contribution in [3.8, 4) is 23.0 Å². The molecule has 0 radical (unpaired) electrons. The molecule has 1 aromatic heterocycles. The molecule has 1 atom stereocenters. The van der Waals surface area contributed by atoms with Gasteiger partial charge in [-0.05, 0) is 81.7 Å². The largest absolute Gasteiger partial charge is 0.493 e. The first kappa shape index (κ1) is 35.5. The summed E-state index contributed by atoms with van der Waals surface area (Å²) in [5.41, 5.74) is 3.46. The van der Waals surface area contributed by atoms with Gasteiger partial charge in [0.15, 0.2) is 27.8 Å². The Morgan fingerprint density at radius 1 is 1.06 bits per heavy atom. The number of nitrogens with zero attached hydrogens (tertiary/aromatic N) is 2. The number of halogens is 1. The highest BCUT2D eigenvalue weighted by atomic mass is 35.5. The fourth-order valence-electron chi connectivity index (χ4n) is 5.62. The zero-order chi connectivity index (χ0) is 35.2. The summed E-state index contributed by atoms with van der Waals surface area (Å²) in [4.78, 5) is 32.8. The third kappa shape index (κ3) is 7.60. The Morgan fingerprint density at radius 3 is 2.49 bits per heavy atom. The molecule has 0 saturated carbocycles. The van der Waals surface area contributed by atoms with Crippen LogP contribution in [-0.2, 0) is 22.6 Å². The Morgan fingerprint density at radius 2 is 1.82 bits per heavy atom. The van der Waals surface area contributed by atoms with Gasteiger partial charge in [0.1, 0.15) is 6.61 Å². The number of aromatic nitrogens is 1. The zero-order valence-electron chi connectivity index (χ0n) is 28.4. The van der Waals surface area contributed by atoms with E-state index in [9.17, 15) is 9.59 Å². The van der Waals surface area contributed by atoms with Gasteiger partial charge in [-0.3, -0.25) is 9.36 Å². The molecule has 0 amide bonds. The van der Waals surface area contributed by atoms with Gasteiger partial charge in [0.05, 0.1) is 48.8 Å². The van der Waals surface area contributed by atoms with E-state index in [0.29, 0.717) is 55.0 Å². The van der Waals surface area contributed by atoms with Crippen LogP contribution >= 0.6 is 22.9 Å². The number of allylic oxidation sites excluding steroid dienone is 2. The van der Waals surface area contributed by atoms with Crippen molar-refractivity contribution in [3.63, 3.8) is 0 Å². The van der Waals surface area contributed by atoms with Gasteiger partial charge in [0.25, 0.3) is 5.56 Å². The summed E-state index contributed by atoms with van der Waals surface area (Å²) in [6, 6.07) is 15.8. The lowest BCUT2D eigenvalue weighted by atomic mass is 9.95. The highest BCUT2D eigenvalue weighted by Crippen LogP contribution is 2.37. The molecular formula is C38H39ClN2O7S. The normalized spacial score (nSPS) is 14.3. The summed E-state index contributed by atoms with van der Waals surface area (Å²) in [7, 11) is 3.12. The average Bonchev–Trinajstić information content (AvgIpc) is 3.37. The Labute approximate surface area is 294 Å².